The fourth-order valence-corrected chi connectivity index (χ4v) is 4.72. The maximum Gasteiger partial charge on any atom is 0.408 e. The third-order valence-electron chi connectivity index (χ3n) is 7.05. The van der Waals surface area contributed by atoms with E-state index in [1.165, 1.54) is 5.01 Å². The lowest BCUT2D eigenvalue weighted by Gasteiger charge is -2.28. The highest BCUT2D eigenvalue weighted by molar-refractivity contribution is 6.02. The highest BCUT2D eigenvalue weighted by Gasteiger charge is 2.29. The first-order chi connectivity index (χ1) is 21.4. The molecular formula is C34H42N4O6. The van der Waals surface area contributed by atoms with E-state index in [2.05, 4.69) is 5.32 Å². The Bertz CT molecular complexity index is 1390. The van der Waals surface area contributed by atoms with Crippen LogP contribution in [0, 0.1) is 0 Å². The van der Waals surface area contributed by atoms with E-state index < -0.39 is 12.1 Å². The fraction of sp³-hybridized carbons (Fsp3) is 0.382. The number of rotatable bonds is 14. The van der Waals surface area contributed by atoms with Crippen molar-refractivity contribution in [3.8, 4) is 17.2 Å². The molecule has 0 aromatic heterocycles. The summed E-state index contributed by atoms with van der Waals surface area (Å²) in [5, 5.41) is 8.97. The van der Waals surface area contributed by atoms with Gasteiger partial charge in [0.05, 0.1) is 19.4 Å². The van der Waals surface area contributed by atoms with Gasteiger partial charge in [0, 0.05) is 25.1 Å². The molecule has 1 atom stereocenters. The standard InChI is InChI=1S/C34H42N4O6/c1-5-42-32-23-27(15-18-31(32)41-4)29-12-9-19-38(36-29)33(39)30(35-34(40)44-24-26-10-7-6-8-11-26)22-25-13-16-28(17-14-25)43-21-20-37(2)3/h6-8,10-11,13-18,23,30H,5,9,12,19-22,24H2,1-4H3,(H,35,40)/t30-/m1/s1. The number of ether oxygens (including phenoxy) is 4. The van der Waals surface area contributed by atoms with Crippen molar-refractivity contribution in [3.63, 3.8) is 0 Å². The Kier molecular flexibility index (Phi) is 12.0. The molecule has 3 aromatic carbocycles. The summed E-state index contributed by atoms with van der Waals surface area (Å²) < 4.78 is 22.4. The summed E-state index contributed by atoms with van der Waals surface area (Å²) in [6.07, 6.45) is 1.02. The van der Waals surface area contributed by atoms with Gasteiger partial charge in [0.25, 0.3) is 5.91 Å². The van der Waals surface area contributed by atoms with Crippen molar-refractivity contribution in [3.05, 3.63) is 89.5 Å². The van der Waals surface area contributed by atoms with Crippen molar-refractivity contribution < 1.29 is 28.5 Å². The number of nitrogens with zero attached hydrogens (tertiary/aromatic N) is 3. The van der Waals surface area contributed by atoms with E-state index in [9.17, 15) is 9.59 Å². The van der Waals surface area contributed by atoms with Crippen LogP contribution in [0.4, 0.5) is 4.79 Å². The summed E-state index contributed by atoms with van der Waals surface area (Å²) in [4.78, 5) is 28.8. The lowest BCUT2D eigenvalue weighted by Crippen LogP contribution is -2.49. The van der Waals surface area contributed by atoms with Gasteiger partial charge >= 0.3 is 6.09 Å². The van der Waals surface area contributed by atoms with Gasteiger partial charge in [0.1, 0.15) is 25.0 Å². The average molecular weight is 603 g/mol. The number of hydrogen-bond donors (Lipinski definition) is 1. The maximum atomic E-state index is 13.9. The molecule has 0 fully saturated rings. The van der Waals surface area contributed by atoms with Crippen LogP contribution in [0.2, 0.25) is 0 Å². The van der Waals surface area contributed by atoms with Crippen molar-refractivity contribution in [1.29, 1.82) is 0 Å². The molecule has 1 N–H and O–H groups in total. The zero-order valence-corrected chi connectivity index (χ0v) is 26.0. The van der Waals surface area contributed by atoms with Gasteiger partial charge in [-0.05, 0) is 75.3 Å². The molecule has 3 aromatic rings. The van der Waals surface area contributed by atoms with Gasteiger partial charge in [-0.25, -0.2) is 9.80 Å². The van der Waals surface area contributed by atoms with Gasteiger partial charge in [-0.15, -0.1) is 0 Å². The number of likely N-dealkylation sites (N-methyl/N-ethyl adjacent to an activating group) is 1. The van der Waals surface area contributed by atoms with Gasteiger partial charge in [-0.2, -0.15) is 5.10 Å². The Hall–Kier alpha value is -4.57. The van der Waals surface area contributed by atoms with E-state index in [0.717, 1.165) is 41.1 Å². The van der Waals surface area contributed by atoms with Crippen molar-refractivity contribution in [2.45, 2.75) is 38.8 Å². The van der Waals surface area contributed by atoms with E-state index in [-0.39, 0.29) is 18.9 Å². The Morgan fingerprint density at radius 1 is 0.977 bits per heavy atom. The smallest absolute Gasteiger partial charge is 0.408 e. The van der Waals surface area contributed by atoms with Crippen molar-refractivity contribution in [1.82, 2.24) is 15.2 Å². The normalized spacial score (nSPS) is 13.6. The Balaban J connectivity index is 1.51. The molecule has 0 bridgehead atoms. The molecule has 1 aliphatic rings. The number of carbonyl (C=O) groups is 2. The van der Waals surface area contributed by atoms with Gasteiger partial charge in [-0.3, -0.25) is 4.79 Å². The van der Waals surface area contributed by atoms with Crippen molar-refractivity contribution in [2.75, 3.05) is 47.5 Å². The minimum atomic E-state index is -0.892. The molecule has 1 aliphatic heterocycles. The molecule has 0 spiro atoms. The summed E-state index contributed by atoms with van der Waals surface area (Å²) in [6, 6.07) is 21.7. The first-order valence-electron chi connectivity index (χ1n) is 14.9. The molecule has 2 amide bonds. The van der Waals surface area contributed by atoms with E-state index >= 15 is 0 Å². The zero-order chi connectivity index (χ0) is 31.3. The van der Waals surface area contributed by atoms with Crippen molar-refractivity contribution in [2.24, 2.45) is 5.10 Å². The van der Waals surface area contributed by atoms with Crippen LogP contribution in [0.1, 0.15) is 36.5 Å². The van der Waals surface area contributed by atoms with E-state index in [0.29, 0.717) is 37.7 Å². The Morgan fingerprint density at radius 2 is 1.75 bits per heavy atom. The molecule has 10 heteroatoms. The predicted molar refractivity (Wildman–Crippen MR) is 169 cm³/mol. The molecule has 0 aliphatic carbocycles. The number of hydrogen-bond acceptors (Lipinski definition) is 8. The quantitative estimate of drug-likeness (QED) is 0.280. The number of hydrazone groups is 1. The van der Waals surface area contributed by atoms with Crippen LogP contribution < -0.4 is 19.5 Å². The number of methoxy groups -OCH3 is 1. The molecular weight excluding hydrogens is 560 g/mol. The van der Waals surface area contributed by atoms with Gasteiger partial charge in [0.15, 0.2) is 11.5 Å². The summed E-state index contributed by atoms with van der Waals surface area (Å²) >= 11 is 0. The highest BCUT2D eigenvalue weighted by atomic mass is 16.5. The molecule has 0 saturated carbocycles. The summed E-state index contributed by atoms with van der Waals surface area (Å²) in [6.45, 7) is 4.31. The summed E-state index contributed by atoms with van der Waals surface area (Å²) in [5.41, 5.74) is 3.33. The fourth-order valence-electron chi connectivity index (χ4n) is 4.72. The largest absolute Gasteiger partial charge is 0.493 e. The second-order valence-corrected chi connectivity index (χ2v) is 10.7. The van der Waals surface area contributed by atoms with Crippen LogP contribution in [0.5, 0.6) is 17.2 Å². The topological polar surface area (TPSA) is 102 Å². The predicted octanol–water partition coefficient (Wildman–Crippen LogP) is 4.90. The zero-order valence-electron chi connectivity index (χ0n) is 26.0. The second kappa shape index (κ2) is 16.3. The Labute approximate surface area is 259 Å². The van der Waals surface area contributed by atoms with Crippen LogP contribution in [-0.2, 0) is 22.6 Å². The average Bonchev–Trinajstić information content (AvgIpc) is 3.04. The monoisotopic (exact) mass is 602 g/mol. The van der Waals surface area contributed by atoms with Crippen LogP contribution >= 0.6 is 0 Å². The number of nitrogens with one attached hydrogen (secondary N) is 1. The molecule has 44 heavy (non-hydrogen) atoms. The van der Waals surface area contributed by atoms with Crippen molar-refractivity contribution >= 4 is 17.7 Å². The third-order valence-corrected chi connectivity index (χ3v) is 7.05. The lowest BCUT2D eigenvalue weighted by atomic mass is 10.0. The van der Waals surface area contributed by atoms with Crippen LogP contribution in [0.25, 0.3) is 0 Å². The molecule has 4 rings (SSSR count). The number of benzene rings is 3. The number of carbonyl (C=O) groups excluding carboxylic acids is 2. The SMILES string of the molecule is CCOc1cc(C2=NN(C(=O)[C@@H](Cc3ccc(OCCN(C)C)cc3)NC(=O)OCc3ccccc3)CCC2)ccc1OC. The maximum absolute atomic E-state index is 13.9. The van der Waals surface area contributed by atoms with Crippen LogP contribution in [-0.4, -0.2) is 81.2 Å². The molecule has 1 heterocycles. The van der Waals surface area contributed by atoms with Crippen LogP contribution in [0.3, 0.4) is 0 Å². The van der Waals surface area contributed by atoms with Crippen LogP contribution in [0.15, 0.2) is 77.9 Å². The van der Waals surface area contributed by atoms with E-state index in [4.69, 9.17) is 24.0 Å². The second-order valence-electron chi connectivity index (χ2n) is 10.7. The summed E-state index contributed by atoms with van der Waals surface area (Å²) in [7, 11) is 5.58. The molecule has 0 unspecified atom stereocenters. The van der Waals surface area contributed by atoms with Gasteiger partial charge in [0.2, 0.25) is 0 Å². The first kappa shape index (κ1) is 32.3. The van der Waals surface area contributed by atoms with E-state index in [1.807, 2.05) is 98.7 Å². The highest BCUT2D eigenvalue weighted by Crippen LogP contribution is 2.29. The number of alkyl carbamates (subject to hydrolysis) is 1. The number of amides is 2. The lowest BCUT2D eigenvalue weighted by molar-refractivity contribution is -0.133. The molecule has 0 saturated heterocycles. The minimum Gasteiger partial charge on any atom is -0.493 e. The summed E-state index contributed by atoms with van der Waals surface area (Å²) in [5.74, 6) is 1.68. The molecule has 234 valence electrons. The third kappa shape index (κ3) is 9.47. The first-order valence-corrected chi connectivity index (χ1v) is 14.9. The molecule has 10 nitrogen and oxygen atoms in total. The minimum absolute atomic E-state index is 0.0955. The van der Waals surface area contributed by atoms with Gasteiger partial charge in [-0.1, -0.05) is 42.5 Å². The van der Waals surface area contributed by atoms with E-state index in [1.54, 1.807) is 7.11 Å². The Morgan fingerprint density at radius 3 is 2.45 bits per heavy atom. The molecule has 0 radical (unpaired) electrons. The van der Waals surface area contributed by atoms with Gasteiger partial charge < -0.3 is 29.2 Å².